The second-order valence-corrected chi connectivity index (χ2v) is 4.56. The number of rotatable bonds is 1. The Hall–Kier alpha value is -1.29. The number of nitrogens with two attached hydrogens (primary N) is 1. The average Bonchev–Trinajstić information content (AvgIpc) is 2.86. The molecule has 1 aromatic rings. The van der Waals surface area contributed by atoms with E-state index in [1.165, 1.54) is 6.07 Å². The van der Waals surface area contributed by atoms with Crippen molar-refractivity contribution in [1.82, 2.24) is 0 Å². The highest BCUT2D eigenvalue weighted by Gasteiger charge is 2.33. The van der Waals surface area contributed by atoms with E-state index in [0.717, 1.165) is 31.2 Å². The predicted octanol–water partition coefficient (Wildman–Crippen LogP) is 2.28. The SMILES string of the molecule is NC1(c2cc(F)c3c(c2)OCO3)CCCC1. The lowest BCUT2D eigenvalue weighted by atomic mass is 9.89. The summed E-state index contributed by atoms with van der Waals surface area (Å²) in [6.07, 6.45) is 4.03. The summed E-state index contributed by atoms with van der Waals surface area (Å²) in [5.74, 6) is 0.318. The molecule has 2 N–H and O–H groups in total. The van der Waals surface area contributed by atoms with Gasteiger partial charge in [-0.05, 0) is 30.5 Å². The topological polar surface area (TPSA) is 44.5 Å². The second kappa shape index (κ2) is 3.35. The fourth-order valence-electron chi connectivity index (χ4n) is 2.55. The minimum atomic E-state index is -0.387. The van der Waals surface area contributed by atoms with Crippen molar-refractivity contribution in [2.45, 2.75) is 31.2 Å². The molecule has 0 aromatic heterocycles. The minimum absolute atomic E-state index is 0.0906. The monoisotopic (exact) mass is 223 g/mol. The quantitative estimate of drug-likeness (QED) is 0.794. The zero-order valence-corrected chi connectivity index (χ0v) is 8.96. The van der Waals surface area contributed by atoms with Crippen molar-refractivity contribution < 1.29 is 13.9 Å². The fourth-order valence-corrected chi connectivity index (χ4v) is 2.55. The molecule has 1 aliphatic heterocycles. The molecular formula is C12H14FNO2. The van der Waals surface area contributed by atoms with E-state index in [0.29, 0.717) is 5.75 Å². The third-order valence-electron chi connectivity index (χ3n) is 3.50. The van der Waals surface area contributed by atoms with Gasteiger partial charge in [0.1, 0.15) is 0 Å². The predicted molar refractivity (Wildman–Crippen MR) is 56.9 cm³/mol. The molecule has 2 aliphatic rings. The Balaban J connectivity index is 2.05. The Morgan fingerprint density at radius 1 is 1.19 bits per heavy atom. The molecule has 0 spiro atoms. The summed E-state index contributed by atoms with van der Waals surface area (Å²) < 4.78 is 24.0. The number of hydrogen-bond acceptors (Lipinski definition) is 3. The number of benzene rings is 1. The van der Waals surface area contributed by atoms with E-state index >= 15 is 0 Å². The van der Waals surface area contributed by atoms with Crippen LogP contribution in [-0.4, -0.2) is 6.79 Å². The number of halogens is 1. The molecule has 0 bridgehead atoms. The first-order chi connectivity index (χ1) is 7.69. The molecule has 0 saturated heterocycles. The van der Waals surface area contributed by atoms with Crippen molar-refractivity contribution in [1.29, 1.82) is 0 Å². The maximum absolute atomic E-state index is 13.7. The molecule has 3 rings (SSSR count). The standard InChI is InChI=1S/C12H14FNO2/c13-9-5-8(12(14)3-1-2-4-12)6-10-11(9)16-7-15-10/h5-6H,1-4,7,14H2. The van der Waals surface area contributed by atoms with Gasteiger partial charge in [-0.3, -0.25) is 0 Å². The molecule has 0 radical (unpaired) electrons. The third-order valence-corrected chi connectivity index (χ3v) is 3.50. The highest BCUT2D eigenvalue weighted by Crippen LogP contribution is 2.42. The van der Waals surface area contributed by atoms with Crippen LogP contribution in [0.15, 0.2) is 12.1 Å². The Bertz CT molecular complexity index is 427. The molecule has 1 heterocycles. The Morgan fingerprint density at radius 2 is 1.94 bits per heavy atom. The van der Waals surface area contributed by atoms with Gasteiger partial charge in [0.25, 0.3) is 0 Å². The Kier molecular flexibility index (Phi) is 2.07. The molecule has 4 heteroatoms. The van der Waals surface area contributed by atoms with E-state index in [1.807, 2.05) is 6.07 Å². The molecule has 1 aromatic carbocycles. The van der Waals surface area contributed by atoms with E-state index in [4.69, 9.17) is 15.2 Å². The number of ether oxygens (including phenoxy) is 2. The summed E-state index contributed by atoms with van der Waals surface area (Å²) in [7, 11) is 0. The van der Waals surface area contributed by atoms with Gasteiger partial charge >= 0.3 is 0 Å². The van der Waals surface area contributed by atoms with Gasteiger partial charge in [0.15, 0.2) is 11.6 Å². The maximum atomic E-state index is 13.7. The minimum Gasteiger partial charge on any atom is -0.453 e. The van der Waals surface area contributed by atoms with Crippen molar-refractivity contribution in [3.8, 4) is 11.5 Å². The summed E-state index contributed by atoms with van der Waals surface area (Å²) in [6.45, 7) is 0.0906. The molecule has 1 saturated carbocycles. The van der Waals surface area contributed by atoms with E-state index < -0.39 is 0 Å². The zero-order valence-electron chi connectivity index (χ0n) is 8.96. The molecular weight excluding hydrogens is 209 g/mol. The van der Waals surface area contributed by atoms with E-state index in [9.17, 15) is 4.39 Å². The van der Waals surface area contributed by atoms with Crippen LogP contribution in [0.3, 0.4) is 0 Å². The summed E-state index contributed by atoms with van der Waals surface area (Å²) >= 11 is 0. The van der Waals surface area contributed by atoms with E-state index in [1.54, 1.807) is 0 Å². The lowest BCUT2D eigenvalue weighted by molar-refractivity contribution is 0.171. The molecule has 86 valence electrons. The largest absolute Gasteiger partial charge is 0.453 e. The first-order valence-corrected chi connectivity index (χ1v) is 5.58. The van der Waals surface area contributed by atoms with Crippen LogP contribution in [0, 0.1) is 5.82 Å². The summed E-state index contributed by atoms with van der Waals surface area (Å²) in [5.41, 5.74) is 6.72. The van der Waals surface area contributed by atoms with Crippen LogP contribution in [0.2, 0.25) is 0 Å². The van der Waals surface area contributed by atoms with Crippen molar-refractivity contribution in [3.05, 3.63) is 23.5 Å². The van der Waals surface area contributed by atoms with Crippen LogP contribution in [-0.2, 0) is 5.54 Å². The fraction of sp³-hybridized carbons (Fsp3) is 0.500. The Morgan fingerprint density at radius 3 is 2.69 bits per heavy atom. The lowest BCUT2D eigenvalue weighted by Gasteiger charge is -2.24. The van der Waals surface area contributed by atoms with Crippen molar-refractivity contribution >= 4 is 0 Å². The molecule has 0 unspecified atom stereocenters. The van der Waals surface area contributed by atoms with Crippen molar-refractivity contribution in [2.75, 3.05) is 6.79 Å². The third kappa shape index (κ3) is 1.37. The molecule has 3 nitrogen and oxygen atoms in total. The van der Waals surface area contributed by atoms with Gasteiger partial charge in [-0.15, -0.1) is 0 Å². The molecule has 1 fully saturated rings. The lowest BCUT2D eigenvalue weighted by Crippen LogP contribution is -2.33. The van der Waals surface area contributed by atoms with Crippen LogP contribution in [0.4, 0.5) is 4.39 Å². The highest BCUT2D eigenvalue weighted by molar-refractivity contribution is 5.47. The normalized spacial score (nSPS) is 21.4. The summed E-state index contributed by atoms with van der Waals surface area (Å²) in [6, 6.07) is 3.30. The van der Waals surface area contributed by atoms with Crippen LogP contribution in [0.1, 0.15) is 31.2 Å². The molecule has 1 aliphatic carbocycles. The van der Waals surface area contributed by atoms with E-state index in [-0.39, 0.29) is 23.9 Å². The van der Waals surface area contributed by atoms with Crippen LogP contribution < -0.4 is 15.2 Å². The average molecular weight is 223 g/mol. The molecule has 16 heavy (non-hydrogen) atoms. The van der Waals surface area contributed by atoms with Gasteiger partial charge in [-0.25, -0.2) is 4.39 Å². The molecule has 0 atom stereocenters. The van der Waals surface area contributed by atoms with Gasteiger partial charge in [0.05, 0.1) is 0 Å². The van der Waals surface area contributed by atoms with Gasteiger partial charge in [0, 0.05) is 5.54 Å². The van der Waals surface area contributed by atoms with Gasteiger partial charge in [-0.1, -0.05) is 12.8 Å². The van der Waals surface area contributed by atoms with Gasteiger partial charge in [-0.2, -0.15) is 0 Å². The number of hydrogen-bond donors (Lipinski definition) is 1. The Labute approximate surface area is 93.3 Å². The maximum Gasteiger partial charge on any atom is 0.231 e. The number of fused-ring (bicyclic) bond motifs is 1. The van der Waals surface area contributed by atoms with Gasteiger partial charge < -0.3 is 15.2 Å². The van der Waals surface area contributed by atoms with Crippen LogP contribution in [0.25, 0.3) is 0 Å². The summed E-state index contributed by atoms with van der Waals surface area (Å²) in [4.78, 5) is 0. The zero-order chi connectivity index (χ0) is 11.2. The summed E-state index contributed by atoms with van der Waals surface area (Å²) in [5, 5.41) is 0. The van der Waals surface area contributed by atoms with Crippen LogP contribution >= 0.6 is 0 Å². The highest BCUT2D eigenvalue weighted by atomic mass is 19.1. The first-order valence-electron chi connectivity index (χ1n) is 5.58. The smallest absolute Gasteiger partial charge is 0.231 e. The van der Waals surface area contributed by atoms with Crippen LogP contribution in [0.5, 0.6) is 11.5 Å². The van der Waals surface area contributed by atoms with Crippen molar-refractivity contribution in [3.63, 3.8) is 0 Å². The van der Waals surface area contributed by atoms with Crippen molar-refractivity contribution in [2.24, 2.45) is 5.73 Å². The van der Waals surface area contributed by atoms with E-state index in [2.05, 4.69) is 0 Å². The first kappa shape index (κ1) is 9.90. The van der Waals surface area contributed by atoms with Gasteiger partial charge in [0.2, 0.25) is 12.5 Å². The second-order valence-electron chi connectivity index (χ2n) is 4.56. The molecule has 0 amide bonds.